The highest BCUT2D eigenvalue weighted by molar-refractivity contribution is 6.01. The summed E-state index contributed by atoms with van der Waals surface area (Å²) in [4.78, 5) is 4.14. The first kappa shape index (κ1) is 23.8. The fraction of sp³-hybridized carbons (Fsp3) is 0.696. The van der Waals surface area contributed by atoms with E-state index in [-0.39, 0.29) is 24.2 Å². The maximum absolute atomic E-state index is 10.2. The van der Waals surface area contributed by atoms with E-state index in [4.69, 9.17) is 4.74 Å². The van der Waals surface area contributed by atoms with Crippen LogP contribution >= 0.6 is 0 Å². The summed E-state index contributed by atoms with van der Waals surface area (Å²) in [7, 11) is 0. The van der Waals surface area contributed by atoms with Gasteiger partial charge in [0.2, 0.25) is 0 Å². The molecule has 2 rings (SSSR count). The molecule has 5 atom stereocenters. The number of aliphatic imine (C=N–C) groups is 1. The fourth-order valence-electron chi connectivity index (χ4n) is 4.05. The van der Waals surface area contributed by atoms with E-state index in [1.807, 2.05) is 33.8 Å². The molecular weight excluding hydrogens is 338 g/mol. The number of hydrogen-bond acceptors (Lipinski definition) is 4. The summed E-state index contributed by atoms with van der Waals surface area (Å²) in [6.07, 6.45) is 9.20. The van der Waals surface area contributed by atoms with Gasteiger partial charge < -0.3 is 14.9 Å². The lowest BCUT2D eigenvalue weighted by atomic mass is 9.88. The number of ether oxygens (including phenoxy) is 1. The van der Waals surface area contributed by atoms with Crippen LogP contribution in [0.4, 0.5) is 0 Å². The number of hydrogen-bond donors (Lipinski definition) is 2. The predicted molar refractivity (Wildman–Crippen MR) is 114 cm³/mol. The van der Waals surface area contributed by atoms with Gasteiger partial charge in [0.05, 0.1) is 24.4 Å². The van der Waals surface area contributed by atoms with Crippen molar-refractivity contribution in [2.75, 3.05) is 0 Å². The van der Waals surface area contributed by atoms with Gasteiger partial charge in [-0.3, -0.25) is 4.99 Å². The van der Waals surface area contributed by atoms with Gasteiger partial charge in [0.25, 0.3) is 0 Å². The summed E-state index contributed by atoms with van der Waals surface area (Å²) in [5.74, 6) is 0.436. The summed E-state index contributed by atoms with van der Waals surface area (Å²) in [6, 6.07) is 0. The highest BCUT2D eigenvalue weighted by atomic mass is 16.5. The van der Waals surface area contributed by atoms with Gasteiger partial charge in [-0.2, -0.15) is 0 Å². The molecule has 0 aromatic heterocycles. The standard InChI is InChI=1S/C12H22O3.C11H17N/c1-7-10(13)8(2)15-12(7)11(14)9-5-3-4-6-9;1-6-8-11(9(3)4)10(5)12-7-2/h7-14H,3-6H2,1-2H3;6-8H,2H2,1,3-5H3/b;8-6-,12-10?/t7-,8-,10+,11+,12-;/m0./s1. The molecule has 0 aromatic rings. The van der Waals surface area contributed by atoms with Crippen LogP contribution in [0.15, 0.2) is 41.1 Å². The zero-order chi connectivity index (χ0) is 20.6. The number of aliphatic hydroxyl groups is 2. The Morgan fingerprint density at radius 2 is 1.78 bits per heavy atom. The van der Waals surface area contributed by atoms with Gasteiger partial charge in [0.1, 0.15) is 0 Å². The zero-order valence-corrected chi connectivity index (χ0v) is 18.0. The van der Waals surface area contributed by atoms with Crippen molar-refractivity contribution in [3.63, 3.8) is 0 Å². The normalized spacial score (nSPS) is 30.1. The lowest BCUT2D eigenvalue weighted by Crippen LogP contribution is -2.37. The summed E-state index contributed by atoms with van der Waals surface area (Å²) in [5, 5.41) is 20.0. The highest BCUT2D eigenvalue weighted by Gasteiger charge is 2.44. The van der Waals surface area contributed by atoms with Crippen LogP contribution in [0.1, 0.15) is 67.2 Å². The van der Waals surface area contributed by atoms with E-state index in [0.29, 0.717) is 5.92 Å². The quantitative estimate of drug-likeness (QED) is 0.533. The summed E-state index contributed by atoms with van der Waals surface area (Å²) in [5.41, 5.74) is 3.48. The zero-order valence-electron chi connectivity index (χ0n) is 18.0. The summed E-state index contributed by atoms with van der Waals surface area (Å²) >= 11 is 0. The van der Waals surface area contributed by atoms with Crippen LogP contribution < -0.4 is 0 Å². The van der Waals surface area contributed by atoms with Gasteiger partial charge >= 0.3 is 0 Å². The molecule has 0 aromatic carbocycles. The molecule has 4 heteroatoms. The molecule has 0 unspecified atom stereocenters. The van der Waals surface area contributed by atoms with Crippen LogP contribution in [0.3, 0.4) is 0 Å². The molecule has 0 bridgehead atoms. The number of nitrogens with zero attached hydrogens (tertiary/aromatic N) is 1. The molecule has 1 saturated heterocycles. The van der Waals surface area contributed by atoms with Gasteiger partial charge in [-0.15, -0.1) is 0 Å². The van der Waals surface area contributed by atoms with Crippen LogP contribution in [0, 0.1) is 11.8 Å². The first-order valence-electron chi connectivity index (χ1n) is 10.2. The SMILES string of the molecule is C=CN=C(C)C(/C=C\C)=C(C)C.C[C@H]1[C@@H](O)[C@H](C)O[C@@H]1[C@H](O)C1CCCC1. The maximum Gasteiger partial charge on any atom is 0.0892 e. The van der Waals surface area contributed by atoms with Gasteiger partial charge in [-0.1, -0.05) is 44.1 Å². The number of allylic oxidation sites excluding steroid dienone is 4. The molecule has 0 radical (unpaired) electrons. The predicted octanol–water partition coefficient (Wildman–Crippen LogP) is 4.83. The second kappa shape index (κ2) is 11.6. The van der Waals surface area contributed by atoms with Crippen LogP contribution in [-0.4, -0.2) is 40.3 Å². The average molecular weight is 378 g/mol. The molecule has 2 fully saturated rings. The molecule has 4 nitrogen and oxygen atoms in total. The fourth-order valence-corrected chi connectivity index (χ4v) is 4.05. The number of rotatable bonds is 5. The van der Waals surface area contributed by atoms with Crippen molar-refractivity contribution < 1.29 is 14.9 Å². The van der Waals surface area contributed by atoms with E-state index in [2.05, 4.69) is 31.5 Å². The van der Waals surface area contributed by atoms with E-state index in [1.165, 1.54) is 24.0 Å². The molecule has 0 spiro atoms. The number of aliphatic hydroxyl groups excluding tert-OH is 2. The van der Waals surface area contributed by atoms with Crippen LogP contribution in [-0.2, 0) is 4.74 Å². The maximum atomic E-state index is 10.2. The average Bonchev–Trinajstić information content (AvgIpc) is 3.24. The van der Waals surface area contributed by atoms with E-state index >= 15 is 0 Å². The highest BCUT2D eigenvalue weighted by Crippen LogP contribution is 2.36. The molecule has 0 amide bonds. The summed E-state index contributed by atoms with van der Waals surface area (Å²) in [6.45, 7) is 15.6. The Morgan fingerprint density at radius 3 is 2.19 bits per heavy atom. The summed E-state index contributed by atoms with van der Waals surface area (Å²) < 4.78 is 5.66. The molecule has 154 valence electrons. The second-order valence-corrected chi connectivity index (χ2v) is 8.00. The molecular formula is C23H39NO3. The van der Waals surface area contributed by atoms with Gasteiger partial charge in [0, 0.05) is 17.8 Å². The molecule has 1 heterocycles. The van der Waals surface area contributed by atoms with Crippen molar-refractivity contribution in [3.05, 3.63) is 36.1 Å². The van der Waals surface area contributed by atoms with Crippen molar-refractivity contribution >= 4 is 5.71 Å². The van der Waals surface area contributed by atoms with E-state index in [0.717, 1.165) is 18.6 Å². The van der Waals surface area contributed by atoms with Crippen molar-refractivity contribution in [2.24, 2.45) is 16.8 Å². The van der Waals surface area contributed by atoms with Crippen molar-refractivity contribution in [2.45, 2.75) is 91.6 Å². The molecule has 2 N–H and O–H groups in total. The topological polar surface area (TPSA) is 62.1 Å². The monoisotopic (exact) mass is 377 g/mol. The van der Waals surface area contributed by atoms with Gasteiger partial charge in [-0.05, 0) is 59.0 Å². The Kier molecular flexibility index (Phi) is 10.2. The van der Waals surface area contributed by atoms with Crippen molar-refractivity contribution in [1.82, 2.24) is 0 Å². The van der Waals surface area contributed by atoms with Gasteiger partial charge in [-0.25, -0.2) is 0 Å². The van der Waals surface area contributed by atoms with E-state index in [9.17, 15) is 10.2 Å². The van der Waals surface area contributed by atoms with Crippen LogP contribution in [0.5, 0.6) is 0 Å². The molecule has 1 aliphatic carbocycles. The van der Waals surface area contributed by atoms with Crippen molar-refractivity contribution in [1.29, 1.82) is 0 Å². The first-order valence-corrected chi connectivity index (χ1v) is 10.2. The van der Waals surface area contributed by atoms with Crippen LogP contribution in [0.25, 0.3) is 0 Å². The van der Waals surface area contributed by atoms with Crippen molar-refractivity contribution in [3.8, 4) is 0 Å². The minimum Gasteiger partial charge on any atom is -0.390 e. The minimum atomic E-state index is -0.425. The third-order valence-corrected chi connectivity index (χ3v) is 5.68. The Morgan fingerprint density at radius 1 is 1.19 bits per heavy atom. The third kappa shape index (κ3) is 6.70. The molecule has 1 saturated carbocycles. The second-order valence-electron chi connectivity index (χ2n) is 8.00. The Labute approximate surface area is 165 Å². The lowest BCUT2D eigenvalue weighted by Gasteiger charge is -2.26. The molecule has 27 heavy (non-hydrogen) atoms. The van der Waals surface area contributed by atoms with Crippen LogP contribution in [0.2, 0.25) is 0 Å². The smallest absolute Gasteiger partial charge is 0.0892 e. The van der Waals surface area contributed by atoms with E-state index < -0.39 is 6.10 Å². The Hall–Kier alpha value is -1.23. The minimum absolute atomic E-state index is 0.0515. The largest absolute Gasteiger partial charge is 0.390 e. The Balaban J connectivity index is 0.000000279. The molecule has 1 aliphatic heterocycles. The van der Waals surface area contributed by atoms with E-state index in [1.54, 1.807) is 6.20 Å². The lowest BCUT2D eigenvalue weighted by molar-refractivity contribution is -0.0646. The first-order chi connectivity index (χ1) is 12.7. The molecule has 2 aliphatic rings. The Bertz CT molecular complexity index is 554. The van der Waals surface area contributed by atoms with Gasteiger partial charge in [0.15, 0.2) is 0 Å². The third-order valence-electron chi connectivity index (χ3n) is 5.68.